The standard InChI is InChI=1S/C46H27N5/c1-3-13-29(14-4-1)43-48-44(30-15-5-2-6-16-30)50-45(49-43)36-27-31-17-7-10-23-37(31)47-46(36)51-38-24-12-22-35-33-20-9-8-19-32(33)34-21-11-18-28-25-26-39(51)42(40(28)34)41(35)38/h1-27H. The Bertz CT molecular complexity index is 2960. The van der Waals surface area contributed by atoms with Crippen LogP contribution in [0, 0.1) is 0 Å². The largest absolute Gasteiger partial charge is 0.293 e. The maximum absolute atomic E-state index is 5.46. The highest BCUT2D eigenvalue weighted by Gasteiger charge is 2.27. The Morgan fingerprint density at radius 1 is 0.333 bits per heavy atom. The van der Waals surface area contributed by atoms with Crippen LogP contribution in [-0.2, 0) is 0 Å². The molecular weight excluding hydrogens is 623 g/mol. The molecular formula is C46H27N5. The molecule has 3 aromatic heterocycles. The number of nitrogens with zero attached hydrogens (tertiary/aromatic N) is 5. The first-order valence-corrected chi connectivity index (χ1v) is 17.2. The molecule has 3 heterocycles. The fraction of sp³-hybridized carbons (Fsp3) is 0. The van der Waals surface area contributed by atoms with Crippen LogP contribution in [0.15, 0.2) is 164 Å². The van der Waals surface area contributed by atoms with Gasteiger partial charge in [0.1, 0.15) is 5.82 Å². The van der Waals surface area contributed by atoms with Crippen LogP contribution in [0.5, 0.6) is 0 Å². The molecule has 7 aromatic carbocycles. The predicted molar refractivity (Wildman–Crippen MR) is 208 cm³/mol. The van der Waals surface area contributed by atoms with Crippen LogP contribution >= 0.6 is 0 Å². The molecule has 0 unspecified atom stereocenters. The Kier molecular flexibility index (Phi) is 5.89. The normalized spacial score (nSPS) is 11.9. The summed E-state index contributed by atoms with van der Waals surface area (Å²) in [6.07, 6.45) is 0. The van der Waals surface area contributed by atoms with E-state index in [2.05, 4.69) is 102 Å². The third kappa shape index (κ3) is 4.15. The van der Waals surface area contributed by atoms with Crippen molar-refractivity contribution >= 4 is 43.5 Å². The average molecular weight is 650 g/mol. The minimum atomic E-state index is 0.570. The van der Waals surface area contributed by atoms with Crippen LogP contribution in [0.1, 0.15) is 0 Å². The van der Waals surface area contributed by atoms with Crippen molar-refractivity contribution in [1.82, 2.24) is 24.5 Å². The van der Waals surface area contributed by atoms with Crippen molar-refractivity contribution in [2.24, 2.45) is 0 Å². The molecule has 11 rings (SSSR count). The molecule has 236 valence electrons. The zero-order valence-electron chi connectivity index (χ0n) is 27.3. The first kappa shape index (κ1) is 27.9. The Morgan fingerprint density at radius 2 is 0.882 bits per heavy atom. The van der Waals surface area contributed by atoms with Gasteiger partial charge in [0.05, 0.1) is 22.1 Å². The molecule has 0 saturated carbocycles. The van der Waals surface area contributed by atoms with Crippen LogP contribution in [0.25, 0.3) is 106 Å². The van der Waals surface area contributed by atoms with E-state index in [0.717, 1.165) is 44.4 Å². The van der Waals surface area contributed by atoms with Gasteiger partial charge in [-0.15, -0.1) is 0 Å². The SMILES string of the molecule is c1ccc(-c2nc(-c3ccccc3)nc(-c3cc4ccccc4nc3-n3c4cccc5c4c4c6c(cccc6ccc43)-c3ccccc3-5)n2)cc1. The minimum absolute atomic E-state index is 0.570. The molecule has 0 N–H and O–H groups in total. The molecule has 0 amide bonds. The molecule has 0 fully saturated rings. The number of hydrogen-bond donors (Lipinski definition) is 0. The lowest BCUT2D eigenvalue weighted by Crippen LogP contribution is -2.06. The zero-order chi connectivity index (χ0) is 33.5. The second-order valence-corrected chi connectivity index (χ2v) is 13.0. The van der Waals surface area contributed by atoms with Crippen LogP contribution in [-0.4, -0.2) is 24.5 Å². The highest BCUT2D eigenvalue weighted by atomic mass is 15.1. The molecule has 0 saturated heterocycles. The van der Waals surface area contributed by atoms with Gasteiger partial charge in [-0.1, -0.05) is 140 Å². The second-order valence-electron chi connectivity index (χ2n) is 13.0. The highest BCUT2D eigenvalue weighted by Crippen LogP contribution is 2.50. The van der Waals surface area contributed by atoms with Crippen molar-refractivity contribution in [3.05, 3.63) is 164 Å². The van der Waals surface area contributed by atoms with E-state index in [9.17, 15) is 0 Å². The summed E-state index contributed by atoms with van der Waals surface area (Å²) in [7, 11) is 0. The molecule has 0 bridgehead atoms. The van der Waals surface area contributed by atoms with E-state index < -0.39 is 0 Å². The first-order valence-electron chi connectivity index (χ1n) is 17.2. The van der Waals surface area contributed by atoms with E-state index in [4.69, 9.17) is 19.9 Å². The summed E-state index contributed by atoms with van der Waals surface area (Å²) in [6.45, 7) is 0. The van der Waals surface area contributed by atoms with Crippen molar-refractivity contribution in [2.75, 3.05) is 0 Å². The fourth-order valence-corrected chi connectivity index (χ4v) is 7.93. The third-order valence-corrected chi connectivity index (χ3v) is 10.2. The van der Waals surface area contributed by atoms with Crippen molar-refractivity contribution in [3.8, 4) is 62.2 Å². The van der Waals surface area contributed by atoms with Crippen molar-refractivity contribution in [3.63, 3.8) is 0 Å². The van der Waals surface area contributed by atoms with Crippen LogP contribution in [0.4, 0.5) is 0 Å². The maximum atomic E-state index is 5.46. The van der Waals surface area contributed by atoms with E-state index >= 15 is 0 Å². The maximum Gasteiger partial charge on any atom is 0.167 e. The smallest absolute Gasteiger partial charge is 0.167 e. The molecule has 0 aliphatic heterocycles. The third-order valence-electron chi connectivity index (χ3n) is 10.2. The van der Waals surface area contributed by atoms with Gasteiger partial charge in [-0.05, 0) is 57.3 Å². The van der Waals surface area contributed by atoms with E-state index in [-0.39, 0.29) is 0 Å². The summed E-state index contributed by atoms with van der Waals surface area (Å²) in [5, 5.41) is 5.95. The Hall–Kier alpha value is -6.98. The van der Waals surface area contributed by atoms with Gasteiger partial charge >= 0.3 is 0 Å². The predicted octanol–water partition coefficient (Wildman–Crippen LogP) is 11.3. The van der Waals surface area contributed by atoms with Crippen LogP contribution in [0.2, 0.25) is 0 Å². The fourth-order valence-electron chi connectivity index (χ4n) is 7.93. The van der Waals surface area contributed by atoms with E-state index in [1.54, 1.807) is 0 Å². The summed E-state index contributed by atoms with van der Waals surface area (Å²) in [5.74, 6) is 2.58. The van der Waals surface area contributed by atoms with E-state index in [0.29, 0.717) is 17.5 Å². The van der Waals surface area contributed by atoms with Crippen LogP contribution < -0.4 is 0 Å². The molecule has 51 heavy (non-hydrogen) atoms. The molecule has 0 atom stereocenters. The van der Waals surface area contributed by atoms with E-state index in [1.807, 2.05) is 66.7 Å². The van der Waals surface area contributed by atoms with Gasteiger partial charge in [-0.25, -0.2) is 19.9 Å². The monoisotopic (exact) mass is 649 g/mol. The van der Waals surface area contributed by atoms with Gasteiger partial charge in [-0.3, -0.25) is 4.57 Å². The Balaban J connectivity index is 1.29. The number of pyridine rings is 1. The molecule has 0 spiro atoms. The van der Waals surface area contributed by atoms with Gasteiger partial charge < -0.3 is 0 Å². The summed E-state index contributed by atoms with van der Waals surface area (Å²) in [5.41, 5.74) is 10.7. The van der Waals surface area contributed by atoms with Gasteiger partial charge in [0.15, 0.2) is 17.5 Å². The first-order chi connectivity index (χ1) is 25.3. The molecule has 1 aliphatic rings. The second kappa shape index (κ2) is 10.8. The lowest BCUT2D eigenvalue weighted by molar-refractivity contribution is 1.05. The van der Waals surface area contributed by atoms with Gasteiger partial charge in [-0.2, -0.15) is 0 Å². The van der Waals surface area contributed by atoms with Gasteiger partial charge in [0.2, 0.25) is 0 Å². The number of rotatable bonds is 4. The van der Waals surface area contributed by atoms with Crippen molar-refractivity contribution < 1.29 is 0 Å². The summed E-state index contributed by atoms with van der Waals surface area (Å²) in [6, 6.07) is 57.3. The van der Waals surface area contributed by atoms with E-state index in [1.165, 1.54) is 43.8 Å². The van der Waals surface area contributed by atoms with Crippen LogP contribution in [0.3, 0.4) is 0 Å². The number of para-hydroxylation sites is 1. The lowest BCUT2D eigenvalue weighted by Gasteiger charge is -2.16. The van der Waals surface area contributed by atoms with Gasteiger partial charge in [0, 0.05) is 27.3 Å². The summed E-state index contributed by atoms with van der Waals surface area (Å²) < 4.78 is 2.33. The van der Waals surface area contributed by atoms with Crippen molar-refractivity contribution in [2.45, 2.75) is 0 Å². The number of aromatic nitrogens is 5. The molecule has 1 aliphatic carbocycles. The Labute approximate surface area is 293 Å². The molecule has 0 radical (unpaired) electrons. The zero-order valence-corrected chi connectivity index (χ0v) is 27.3. The summed E-state index contributed by atoms with van der Waals surface area (Å²) >= 11 is 0. The van der Waals surface area contributed by atoms with Gasteiger partial charge in [0.25, 0.3) is 0 Å². The lowest BCUT2D eigenvalue weighted by atomic mass is 9.93. The average Bonchev–Trinajstić information content (AvgIpc) is 3.49. The number of hydrogen-bond acceptors (Lipinski definition) is 4. The van der Waals surface area contributed by atoms with Crippen molar-refractivity contribution in [1.29, 1.82) is 0 Å². The summed E-state index contributed by atoms with van der Waals surface area (Å²) in [4.78, 5) is 20.8. The molecule has 5 nitrogen and oxygen atoms in total. The molecule has 5 heteroatoms. The highest BCUT2D eigenvalue weighted by molar-refractivity contribution is 6.30. The molecule has 10 aromatic rings. The topological polar surface area (TPSA) is 56.5 Å². The number of benzene rings is 7. The Morgan fingerprint density at radius 3 is 1.61 bits per heavy atom. The minimum Gasteiger partial charge on any atom is -0.293 e. The number of fused-ring (bicyclic) bond motifs is 4. The quantitative estimate of drug-likeness (QED) is 0.190.